The Labute approximate surface area is 99.9 Å². The molecule has 0 aliphatic carbocycles. The van der Waals surface area contributed by atoms with E-state index in [-0.39, 0.29) is 18.3 Å². The molecule has 0 atom stereocenters. The van der Waals surface area contributed by atoms with Crippen molar-refractivity contribution in [2.24, 2.45) is 0 Å². The lowest BCUT2D eigenvalue weighted by Crippen LogP contribution is -2.24. The SMILES string of the molecule is CCCc1csc(NC(=O)CNC)n1.Cl. The molecule has 0 saturated heterocycles. The fourth-order valence-corrected chi connectivity index (χ4v) is 1.82. The van der Waals surface area contributed by atoms with Crippen molar-refractivity contribution in [3.63, 3.8) is 0 Å². The summed E-state index contributed by atoms with van der Waals surface area (Å²) >= 11 is 1.47. The van der Waals surface area contributed by atoms with Crippen molar-refractivity contribution in [1.82, 2.24) is 10.3 Å². The van der Waals surface area contributed by atoms with Crippen molar-refractivity contribution in [3.05, 3.63) is 11.1 Å². The van der Waals surface area contributed by atoms with Crippen LogP contribution in [0, 0.1) is 0 Å². The highest BCUT2D eigenvalue weighted by Gasteiger charge is 2.04. The van der Waals surface area contributed by atoms with Gasteiger partial charge in [-0.25, -0.2) is 4.98 Å². The predicted octanol–water partition coefficient (Wildman–Crippen LogP) is 1.68. The summed E-state index contributed by atoms with van der Waals surface area (Å²) in [6.45, 7) is 2.43. The smallest absolute Gasteiger partial charge is 0.240 e. The summed E-state index contributed by atoms with van der Waals surface area (Å²) in [5.74, 6) is -0.0510. The number of anilines is 1. The van der Waals surface area contributed by atoms with E-state index in [1.807, 2.05) is 5.38 Å². The first-order valence-corrected chi connectivity index (χ1v) is 5.53. The first kappa shape index (κ1) is 14.3. The number of nitrogens with one attached hydrogen (secondary N) is 2. The first-order valence-electron chi connectivity index (χ1n) is 4.65. The largest absolute Gasteiger partial charge is 0.311 e. The Bertz CT molecular complexity index is 303. The Kier molecular flexibility index (Phi) is 7.29. The van der Waals surface area contributed by atoms with Gasteiger partial charge in [0.2, 0.25) is 5.91 Å². The molecule has 1 aromatic rings. The predicted molar refractivity (Wildman–Crippen MR) is 65.9 cm³/mol. The summed E-state index contributed by atoms with van der Waals surface area (Å²) in [5, 5.41) is 8.19. The molecule has 0 spiro atoms. The number of rotatable bonds is 5. The molecule has 0 aliphatic heterocycles. The quantitative estimate of drug-likeness (QED) is 0.835. The number of amides is 1. The normalized spacial score (nSPS) is 9.47. The van der Waals surface area contributed by atoms with Crippen LogP contribution in [0.4, 0.5) is 5.13 Å². The van der Waals surface area contributed by atoms with Crippen LogP contribution in [0.25, 0.3) is 0 Å². The minimum Gasteiger partial charge on any atom is -0.311 e. The maximum atomic E-state index is 11.2. The fraction of sp³-hybridized carbons (Fsp3) is 0.556. The number of nitrogens with zero attached hydrogens (tertiary/aromatic N) is 1. The second-order valence-corrected chi connectivity index (χ2v) is 3.83. The average molecular weight is 250 g/mol. The molecule has 0 aliphatic rings. The third kappa shape index (κ3) is 5.11. The maximum absolute atomic E-state index is 11.2. The van der Waals surface area contributed by atoms with Crippen molar-refractivity contribution < 1.29 is 4.79 Å². The topological polar surface area (TPSA) is 54.0 Å². The zero-order chi connectivity index (χ0) is 10.4. The van der Waals surface area contributed by atoms with Gasteiger partial charge in [0.25, 0.3) is 0 Å². The van der Waals surface area contributed by atoms with E-state index in [0.29, 0.717) is 11.7 Å². The summed E-state index contributed by atoms with van der Waals surface area (Å²) in [6, 6.07) is 0. The molecule has 0 radical (unpaired) electrons. The first-order chi connectivity index (χ1) is 6.76. The maximum Gasteiger partial charge on any atom is 0.240 e. The van der Waals surface area contributed by atoms with E-state index in [0.717, 1.165) is 18.5 Å². The molecular formula is C9H16ClN3OS. The van der Waals surface area contributed by atoms with Crippen LogP contribution >= 0.6 is 23.7 Å². The van der Waals surface area contributed by atoms with Crippen molar-refractivity contribution in [3.8, 4) is 0 Å². The molecule has 0 fully saturated rings. The van der Waals surface area contributed by atoms with Gasteiger partial charge < -0.3 is 10.6 Å². The zero-order valence-electron chi connectivity index (χ0n) is 8.87. The third-order valence-electron chi connectivity index (χ3n) is 1.64. The van der Waals surface area contributed by atoms with Gasteiger partial charge in [0.1, 0.15) is 0 Å². The van der Waals surface area contributed by atoms with Crippen LogP contribution in [0.5, 0.6) is 0 Å². The number of aryl methyl sites for hydroxylation is 1. The number of carbonyl (C=O) groups excluding carboxylic acids is 1. The molecule has 2 N–H and O–H groups in total. The Balaban J connectivity index is 0.00000196. The summed E-state index contributed by atoms with van der Waals surface area (Å²) in [6.07, 6.45) is 2.05. The monoisotopic (exact) mass is 249 g/mol. The lowest BCUT2D eigenvalue weighted by Gasteiger charge is -1.99. The van der Waals surface area contributed by atoms with Gasteiger partial charge in [-0.15, -0.1) is 23.7 Å². The Morgan fingerprint density at radius 1 is 1.60 bits per heavy atom. The molecule has 1 heterocycles. The summed E-state index contributed by atoms with van der Waals surface area (Å²) in [4.78, 5) is 15.5. The van der Waals surface area contributed by atoms with Crippen molar-refractivity contribution in [2.45, 2.75) is 19.8 Å². The number of hydrogen-bond donors (Lipinski definition) is 2. The molecule has 0 unspecified atom stereocenters. The molecule has 1 amide bonds. The van der Waals surface area contributed by atoms with Crippen LogP contribution in [0.3, 0.4) is 0 Å². The second kappa shape index (κ2) is 7.62. The van der Waals surface area contributed by atoms with E-state index in [9.17, 15) is 4.79 Å². The van der Waals surface area contributed by atoms with Gasteiger partial charge in [-0.3, -0.25) is 4.79 Å². The lowest BCUT2D eigenvalue weighted by atomic mass is 10.3. The molecule has 4 nitrogen and oxygen atoms in total. The minimum absolute atomic E-state index is 0. The highest BCUT2D eigenvalue weighted by molar-refractivity contribution is 7.13. The van der Waals surface area contributed by atoms with Crippen LogP contribution in [0.15, 0.2) is 5.38 Å². The highest BCUT2D eigenvalue weighted by Crippen LogP contribution is 2.15. The number of aromatic nitrogens is 1. The van der Waals surface area contributed by atoms with Gasteiger partial charge in [0.15, 0.2) is 5.13 Å². The third-order valence-corrected chi connectivity index (χ3v) is 2.45. The standard InChI is InChI=1S/C9H15N3OS.ClH/c1-3-4-7-6-14-9(11-7)12-8(13)5-10-2;/h6,10H,3-5H2,1-2H3,(H,11,12,13);1H. The summed E-state index contributed by atoms with van der Waals surface area (Å²) in [7, 11) is 1.74. The number of carbonyl (C=O) groups is 1. The molecule has 1 aromatic heterocycles. The fourth-order valence-electron chi connectivity index (χ4n) is 1.06. The van der Waals surface area contributed by atoms with Gasteiger partial charge in [-0.05, 0) is 13.5 Å². The van der Waals surface area contributed by atoms with E-state index in [2.05, 4.69) is 22.5 Å². The van der Waals surface area contributed by atoms with Gasteiger partial charge in [0.05, 0.1) is 12.2 Å². The molecular weight excluding hydrogens is 234 g/mol. The van der Waals surface area contributed by atoms with Crippen LogP contribution in [0.1, 0.15) is 19.0 Å². The van der Waals surface area contributed by atoms with Crippen LogP contribution in [-0.4, -0.2) is 24.5 Å². The zero-order valence-corrected chi connectivity index (χ0v) is 10.5. The number of hydrogen-bond acceptors (Lipinski definition) is 4. The Hall–Kier alpha value is -0.650. The highest BCUT2D eigenvalue weighted by atomic mass is 35.5. The van der Waals surface area contributed by atoms with Gasteiger partial charge in [-0.1, -0.05) is 13.3 Å². The summed E-state index contributed by atoms with van der Waals surface area (Å²) in [5.41, 5.74) is 1.05. The number of halogens is 1. The van der Waals surface area contributed by atoms with Crippen LogP contribution < -0.4 is 10.6 Å². The Morgan fingerprint density at radius 2 is 2.33 bits per heavy atom. The lowest BCUT2D eigenvalue weighted by molar-refractivity contribution is -0.115. The molecule has 6 heteroatoms. The molecule has 15 heavy (non-hydrogen) atoms. The molecule has 0 saturated carbocycles. The van der Waals surface area contributed by atoms with E-state index < -0.39 is 0 Å². The van der Waals surface area contributed by atoms with E-state index >= 15 is 0 Å². The average Bonchev–Trinajstić information content (AvgIpc) is 2.53. The second-order valence-electron chi connectivity index (χ2n) is 2.97. The van der Waals surface area contributed by atoms with Crippen molar-refractivity contribution >= 4 is 34.8 Å². The number of thiazole rings is 1. The van der Waals surface area contributed by atoms with E-state index in [1.165, 1.54) is 11.3 Å². The van der Waals surface area contributed by atoms with E-state index in [4.69, 9.17) is 0 Å². The van der Waals surface area contributed by atoms with Gasteiger partial charge in [-0.2, -0.15) is 0 Å². The van der Waals surface area contributed by atoms with Gasteiger partial charge in [0, 0.05) is 5.38 Å². The summed E-state index contributed by atoms with van der Waals surface area (Å²) < 4.78 is 0. The minimum atomic E-state index is -0.0510. The van der Waals surface area contributed by atoms with Crippen molar-refractivity contribution in [1.29, 1.82) is 0 Å². The molecule has 0 aromatic carbocycles. The Morgan fingerprint density at radius 3 is 2.93 bits per heavy atom. The molecule has 0 bridgehead atoms. The molecule has 1 rings (SSSR count). The van der Waals surface area contributed by atoms with Crippen LogP contribution in [0.2, 0.25) is 0 Å². The van der Waals surface area contributed by atoms with Crippen molar-refractivity contribution in [2.75, 3.05) is 18.9 Å². The van der Waals surface area contributed by atoms with Crippen LogP contribution in [-0.2, 0) is 11.2 Å². The number of likely N-dealkylation sites (N-methyl/N-ethyl adjacent to an activating group) is 1. The van der Waals surface area contributed by atoms with Gasteiger partial charge >= 0.3 is 0 Å². The molecule has 86 valence electrons. The van der Waals surface area contributed by atoms with E-state index in [1.54, 1.807) is 7.05 Å².